The average molecular weight is 289 g/mol. The van der Waals surface area contributed by atoms with Crippen LogP contribution in [0, 0.1) is 0 Å². The Balaban J connectivity index is 1.55. The summed E-state index contributed by atoms with van der Waals surface area (Å²) in [5.74, 6) is 0.882. The zero-order valence-electron chi connectivity index (χ0n) is 13.0. The fourth-order valence-corrected chi connectivity index (χ4v) is 2.59. The largest absolute Gasteiger partial charge is 0.356 e. The molecule has 0 bridgehead atoms. The van der Waals surface area contributed by atoms with Gasteiger partial charge in [0, 0.05) is 38.4 Å². The number of guanidine groups is 1. The van der Waals surface area contributed by atoms with Gasteiger partial charge in [-0.3, -0.25) is 9.98 Å². The summed E-state index contributed by atoms with van der Waals surface area (Å²) in [6, 6.07) is 6.01. The second-order valence-electron chi connectivity index (χ2n) is 5.40. The lowest BCUT2D eigenvalue weighted by atomic mass is 10.3. The van der Waals surface area contributed by atoms with E-state index in [0.717, 1.165) is 31.2 Å². The number of aliphatic imine (C=N–C) groups is 1. The van der Waals surface area contributed by atoms with Gasteiger partial charge in [0.1, 0.15) is 0 Å². The van der Waals surface area contributed by atoms with Gasteiger partial charge < -0.3 is 15.5 Å². The summed E-state index contributed by atoms with van der Waals surface area (Å²) in [7, 11) is 1.82. The van der Waals surface area contributed by atoms with E-state index in [4.69, 9.17) is 0 Å². The Bertz CT molecular complexity index is 412. The smallest absolute Gasteiger partial charge is 0.190 e. The van der Waals surface area contributed by atoms with Crippen LogP contribution in [-0.4, -0.2) is 55.6 Å². The molecule has 116 valence electrons. The topological polar surface area (TPSA) is 52.6 Å². The first-order chi connectivity index (χ1) is 10.4. The molecule has 0 aliphatic carbocycles. The molecule has 0 spiro atoms. The molecule has 5 heteroatoms. The van der Waals surface area contributed by atoms with E-state index in [1.807, 2.05) is 31.4 Å². The van der Waals surface area contributed by atoms with Gasteiger partial charge in [0.05, 0.1) is 0 Å². The summed E-state index contributed by atoms with van der Waals surface area (Å²) in [6.07, 6.45) is 6.64. The quantitative estimate of drug-likeness (QED) is 0.451. The van der Waals surface area contributed by atoms with Crippen molar-refractivity contribution < 1.29 is 0 Å². The standard InChI is InChI=1S/C16H27N5/c1-17-16(19-10-6-14-21-12-4-5-13-21)20-11-8-15-7-2-3-9-18-15/h2-3,7,9H,4-6,8,10-14H2,1H3,(H2,17,19,20). The molecule has 1 aliphatic rings. The maximum absolute atomic E-state index is 4.32. The second-order valence-corrected chi connectivity index (χ2v) is 5.40. The third kappa shape index (κ3) is 6.12. The van der Waals surface area contributed by atoms with Crippen molar-refractivity contribution in [3.8, 4) is 0 Å². The molecule has 2 N–H and O–H groups in total. The van der Waals surface area contributed by atoms with Crippen molar-refractivity contribution in [1.29, 1.82) is 0 Å². The molecule has 1 saturated heterocycles. The predicted molar refractivity (Wildman–Crippen MR) is 87.6 cm³/mol. The van der Waals surface area contributed by atoms with Crippen molar-refractivity contribution >= 4 is 5.96 Å². The van der Waals surface area contributed by atoms with Crippen LogP contribution in [0.3, 0.4) is 0 Å². The van der Waals surface area contributed by atoms with Crippen LogP contribution in [0.5, 0.6) is 0 Å². The lowest BCUT2D eigenvalue weighted by Crippen LogP contribution is -2.39. The van der Waals surface area contributed by atoms with Gasteiger partial charge in [0.15, 0.2) is 5.96 Å². The van der Waals surface area contributed by atoms with Gasteiger partial charge in [-0.1, -0.05) is 6.07 Å². The Morgan fingerprint density at radius 3 is 2.76 bits per heavy atom. The van der Waals surface area contributed by atoms with E-state index in [-0.39, 0.29) is 0 Å². The van der Waals surface area contributed by atoms with Crippen LogP contribution in [0.4, 0.5) is 0 Å². The highest BCUT2D eigenvalue weighted by atomic mass is 15.2. The molecule has 0 radical (unpaired) electrons. The molecule has 1 fully saturated rings. The monoisotopic (exact) mass is 289 g/mol. The Kier molecular flexibility index (Phi) is 7.01. The molecule has 5 nitrogen and oxygen atoms in total. The molecular formula is C16H27N5. The Labute approximate surface area is 127 Å². The highest BCUT2D eigenvalue weighted by Gasteiger charge is 2.10. The highest BCUT2D eigenvalue weighted by molar-refractivity contribution is 5.79. The van der Waals surface area contributed by atoms with Crippen LogP contribution in [-0.2, 0) is 6.42 Å². The number of hydrogen-bond acceptors (Lipinski definition) is 3. The van der Waals surface area contributed by atoms with Crippen molar-refractivity contribution in [3.63, 3.8) is 0 Å². The molecule has 2 heterocycles. The van der Waals surface area contributed by atoms with Crippen molar-refractivity contribution in [3.05, 3.63) is 30.1 Å². The maximum Gasteiger partial charge on any atom is 0.190 e. The molecule has 1 aromatic rings. The van der Waals surface area contributed by atoms with Crippen LogP contribution >= 0.6 is 0 Å². The van der Waals surface area contributed by atoms with Crippen LogP contribution in [0.25, 0.3) is 0 Å². The number of nitrogens with one attached hydrogen (secondary N) is 2. The summed E-state index contributed by atoms with van der Waals surface area (Å²) in [4.78, 5) is 11.1. The van der Waals surface area contributed by atoms with Gasteiger partial charge in [-0.15, -0.1) is 0 Å². The van der Waals surface area contributed by atoms with E-state index in [1.54, 1.807) is 0 Å². The first-order valence-electron chi connectivity index (χ1n) is 7.95. The van der Waals surface area contributed by atoms with Crippen LogP contribution in [0.1, 0.15) is 25.0 Å². The molecule has 1 aromatic heterocycles. The fraction of sp³-hybridized carbons (Fsp3) is 0.625. The third-order valence-corrected chi connectivity index (χ3v) is 3.77. The lowest BCUT2D eigenvalue weighted by molar-refractivity contribution is 0.334. The fourth-order valence-electron chi connectivity index (χ4n) is 2.59. The summed E-state index contributed by atoms with van der Waals surface area (Å²) in [6.45, 7) is 5.56. The minimum atomic E-state index is 0.850. The van der Waals surface area contributed by atoms with E-state index in [0.29, 0.717) is 0 Å². The Morgan fingerprint density at radius 1 is 1.24 bits per heavy atom. The number of aromatic nitrogens is 1. The predicted octanol–water partition coefficient (Wildman–Crippen LogP) is 1.28. The number of hydrogen-bond donors (Lipinski definition) is 2. The summed E-state index contributed by atoms with van der Waals surface area (Å²) < 4.78 is 0. The number of likely N-dealkylation sites (tertiary alicyclic amines) is 1. The SMILES string of the molecule is CN=C(NCCCN1CCCC1)NCCc1ccccn1. The van der Waals surface area contributed by atoms with E-state index >= 15 is 0 Å². The minimum Gasteiger partial charge on any atom is -0.356 e. The number of rotatable bonds is 7. The normalized spacial score (nSPS) is 16.1. The molecular weight excluding hydrogens is 262 g/mol. The number of nitrogens with zero attached hydrogens (tertiary/aromatic N) is 3. The average Bonchev–Trinajstić information content (AvgIpc) is 3.04. The van der Waals surface area contributed by atoms with E-state index in [2.05, 4.69) is 25.5 Å². The molecule has 0 amide bonds. The van der Waals surface area contributed by atoms with E-state index in [9.17, 15) is 0 Å². The van der Waals surface area contributed by atoms with Gasteiger partial charge in [-0.25, -0.2) is 0 Å². The zero-order valence-corrected chi connectivity index (χ0v) is 13.0. The molecule has 0 atom stereocenters. The van der Waals surface area contributed by atoms with Gasteiger partial charge in [0.25, 0.3) is 0 Å². The number of pyridine rings is 1. The molecule has 21 heavy (non-hydrogen) atoms. The molecule has 1 aliphatic heterocycles. The minimum absolute atomic E-state index is 0.850. The van der Waals surface area contributed by atoms with Crippen molar-refractivity contribution in [2.24, 2.45) is 4.99 Å². The lowest BCUT2D eigenvalue weighted by Gasteiger charge is -2.15. The van der Waals surface area contributed by atoms with Gasteiger partial charge >= 0.3 is 0 Å². The van der Waals surface area contributed by atoms with Gasteiger partial charge in [0.2, 0.25) is 0 Å². The van der Waals surface area contributed by atoms with Gasteiger partial charge in [-0.05, 0) is 51.0 Å². The van der Waals surface area contributed by atoms with Crippen LogP contribution < -0.4 is 10.6 Å². The van der Waals surface area contributed by atoms with Crippen molar-refractivity contribution in [2.45, 2.75) is 25.7 Å². The third-order valence-electron chi connectivity index (χ3n) is 3.77. The van der Waals surface area contributed by atoms with E-state index in [1.165, 1.54) is 38.9 Å². The Morgan fingerprint density at radius 2 is 2.05 bits per heavy atom. The van der Waals surface area contributed by atoms with Crippen molar-refractivity contribution in [1.82, 2.24) is 20.5 Å². The van der Waals surface area contributed by atoms with Crippen molar-refractivity contribution in [2.75, 3.05) is 39.8 Å². The summed E-state index contributed by atoms with van der Waals surface area (Å²) in [5.41, 5.74) is 1.11. The maximum atomic E-state index is 4.32. The molecule has 2 rings (SSSR count). The Hall–Kier alpha value is -1.62. The van der Waals surface area contributed by atoms with Gasteiger partial charge in [-0.2, -0.15) is 0 Å². The van der Waals surface area contributed by atoms with E-state index < -0.39 is 0 Å². The highest BCUT2D eigenvalue weighted by Crippen LogP contribution is 2.06. The van der Waals surface area contributed by atoms with Crippen LogP contribution in [0.15, 0.2) is 29.4 Å². The second kappa shape index (κ2) is 9.34. The summed E-state index contributed by atoms with van der Waals surface area (Å²) in [5, 5.41) is 6.70. The molecule has 0 aromatic carbocycles. The molecule has 0 saturated carbocycles. The first kappa shape index (κ1) is 15.8. The summed E-state index contributed by atoms with van der Waals surface area (Å²) >= 11 is 0. The molecule has 0 unspecified atom stereocenters. The first-order valence-corrected chi connectivity index (χ1v) is 7.95. The zero-order chi connectivity index (χ0) is 14.8. The van der Waals surface area contributed by atoms with Crippen LogP contribution in [0.2, 0.25) is 0 Å².